The van der Waals surface area contributed by atoms with Crippen LogP contribution in [0.1, 0.15) is 41.8 Å². The van der Waals surface area contributed by atoms with Crippen LogP contribution < -0.4 is 5.32 Å². The van der Waals surface area contributed by atoms with Gasteiger partial charge in [-0.05, 0) is 31.5 Å². The Morgan fingerprint density at radius 1 is 1.28 bits per heavy atom. The van der Waals surface area contributed by atoms with E-state index in [1.165, 1.54) is 6.92 Å². The molecule has 0 atom stereocenters. The van der Waals surface area contributed by atoms with Crippen molar-refractivity contribution >= 4 is 11.7 Å². The van der Waals surface area contributed by atoms with E-state index in [1.54, 1.807) is 13.0 Å². The Bertz CT molecular complexity index is 521. The van der Waals surface area contributed by atoms with E-state index in [-0.39, 0.29) is 11.7 Å². The van der Waals surface area contributed by atoms with Gasteiger partial charge >= 0.3 is 0 Å². The molecule has 0 bridgehead atoms. The second kappa shape index (κ2) is 6.61. The normalized spacial score (nSPS) is 9.28. The molecule has 0 aliphatic rings. The van der Waals surface area contributed by atoms with Gasteiger partial charge in [-0.25, -0.2) is 0 Å². The molecule has 1 aromatic carbocycles. The molecular formula is C15H17NO2. The van der Waals surface area contributed by atoms with Gasteiger partial charge in [0.1, 0.15) is 0 Å². The Morgan fingerprint density at radius 2 is 2.00 bits per heavy atom. The van der Waals surface area contributed by atoms with Crippen molar-refractivity contribution in [2.24, 2.45) is 0 Å². The minimum Gasteiger partial charge on any atom is -0.355 e. The number of carbonyl (C=O) groups is 2. The van der Waals surface area contributed by atoms with E-state index < -0.39 is 0 Å². The fourth-order valence-electron chi connectivity index (χ4n) is 1.48. The van der Waals surface area contributed by atoms with E-state index in [0.29, 0.717) is 18.5 Å². The topological polar surface area (TPSA) is 46.2 Å². The van der Waals surface area contributed by atoms with E-state index in [2.05, 4.69) is 17.2 Å². The smallest absolute Gasteiger partial charge is 0.216 e. The zero-order valence-corrected chi connectivity index (χ0v) is 11.0. The molecule has 0 aliphatic carbocycles. The summed E-state index contributed by atoms with van der Waals surface area (Å²) in [6.07, 6.45) is 0.619. The van der Waals surface area contributed by atoms with E-state index in [4.69, 9.17) is 0 Å². The van der Waals surface area contributed by atoms with Crippen LogP contribution in [-0.4, -0.2) is 18.2 Å². The van der Waals surface area contributed by atoms with Crippen LogP contribution in [0.15, 0.2) is 18.2 Å². The Hall–Kier alpha value is -2.08. The first-order valence-electron chi connectivity index (χ1n) is 5.85. The van der Waals surface area contributed by atoms with Crippen LogP contribution in [-0.2, 0) is 4.79 Å². The van der Waals surface area contributed by atoms with Crippen LogP contribution in [0.5, 0.6) is 0 Å². The number of hydrogen-bond acceptors (Lipinski definition) is 2. The predicted molar refractivity (Wildman–Crippen MR) is 71.4 cm³/mol. The average molecular weight is 243 g/mol. The Labute approximate surface area is 108 Å². The van der Waals surface area contributed by atoms with Gasteiger partial charge in [0.05, 0.1) is 0 Å². The van der Waals surface area contributed by atoms with E-state index in [0.717, 1.165) is 11.1 Å². The number of benzene rings is 1. The largest absolute Gasteiger partial charge is 0.355 e. The standard InChI is InChI=1S/C15H17NO2/c1-11-10-15(12(2)17)8-7-14(11)6-4-5-9-16-13(3)18/h7-8,10H,5,9H2,1-3H3,(H,16,18). The van der Waals surface area contributed by atoms with Gasteiger partial charge in [-0.3, -0.25) is 9.59 Å². The van der Waals surface area contributed by atoms with Crippen molar-refractivity contribution in [2.75, 3.05) is 6.54 Å². The molecule has 1 aromatic rings. The van der Waals surface area contributed by atoms with Crippen molar-refractivity contribution in [3.8, 4) is 11.8 Å². The lowest BCUT2D eigenvalue weighted by Crippen LogP contribution is -2.20. The number of nitrogens with one attached hydrogen (secondary N) is 1. The van der Waals surface area contributed by atoms with Crippen molar-refractivity contribution in [1.29, 1.82) is 0 Å². The van der Waals surface area contributed by atoms with Crippen molar-refractivity contribution < 1.29 is 9.59 Å². The number of Topliss-reactive ketones (excluding diaryl/α,β-unsaturated/α-hetero) is 1. The number of aryl methyl sites for hydroxylation is 1. The molecule has 3 nitrogen and oxygen atoms in total. The first kappa shape index (κ1) is 14.0. The molecule has 94 valence electrons. The molecule has 1 N–H and O–H groups in total. The van der Waals surface area contributed by atoms with Gasteiger partial charge in [0.15, 0.2) is 5.78 Å². The Morgan fingerprint density at radius 3 is 2.56 bits per heavy atom. The van der Waals surface area contributed by atoms with E-state index in [9.17, 15) is 9.59 Å². The van der Waals surface area contributed by atoms with Crippen LogP contribution in [0.2, 0.25) is 0 Å². The molecule has 0 aliphatic heterocycles. The minimum absolute atomic E-state index is 0.0428. The summed E-state index contributed by atoms with van der Waals surface area (Å²) in [5.74, 6) is 6.05. The summed E-state index contributed by atoms with van der Waals surface area (Å²) in [6.45, 7) is 5.53. The summed E-state index contributed by atoms with van der Waals surface area (Å²) in [5, 5.41) is 2.68. The van der Waals surface area contributed by atoms with Gasteiger partial charge < -0.3 is 5.32 Å². The molecule has 0 saturated carbocycles. The molecule has 0 aromatic heterocycles. The summed E-state index contributed by atoms with van der Waals surface area (Å²) in [7, 11) is 0. The van der Waals surface area contributed by atoms with Crippen LogP contribution in [0.4, 0.5) is 0 Å². The van der Waals surface area contributed by atoms with Crippen molar-refractivity contribution in [3.63, 3.8) is 0 Å². The molecule has 0 heterocycles. The summed E-state index contributed by atoms with van der Waals surface area (Å²) < 4.78 is 0. The quantitative estimate of drug-likeness (QED) is 0.502. The second-order valence-electron chi connectivity index (χ2n) is 4.12. The monoisotopic (exact) mass is 243 g/mol. The summed E-state index contributed by atoms with van der Waals surface area (Å²) in [5.41, 5.74) is 2.62. The maximum atomic E-state index is 11.2. The third kappa shape index (κ3) is 4.42. The lowest BCUT2D eigenvalue weighted by molar-refractivity contribution is -0.118. The number of ketones is 1. The molecule has 18 heavy (non-hydrogen) atoms. The highest BCUT2D eigenvalue weighted by molar-refractivity contribution is 5.94. The van der Waals surface area contributed by atoms with Gasteiger partial charge in [0.25, 0.3) is 0 Å². The molecule has 0 unspecified atom stereocenters. The Balaban J connectivity index is 2.65. The van der Waals surface area contributed by atoms with Gasteiger partial charge in [-0.15, -0.1) is 0 Å². The maximum absolute atomic E-state index is 11.2. The molecule has 1 rings (SSSR count). The van der Waals surface area contributed by atoms with Gasteiger partial charge in [-0.1, -0.05) is 17.9 Å². The average Bonchev–Trinajstić information content (AvgIpc) is 2.29. The zero-order valence-electron chi connectivity index (χ0n) is 11.0. The molecule has 3 heteroatoms. The fraction of sp³-hybridized carbons (Fsp3) is 0.333. The predicted octanol–water partition coefficient (Wildman–Crippen LogP) is 2.08. The lowest BCUT2D eigenvalue weighted by Gasteiger charge is -2.01. The van der Waals surface area contributed by atoms with Gasteiger partial charge in [0.2, 0.25) is 5.91 Å². The third-order valence-electron chi connectivity index (χ3n) is 2.48. The molecular weight excluding hydrogens is 226 g/mol. The van der Waals surface area contributed by atoms with Crippen molar-refractivity contribution in [3.05, 3.63) is 34.9 Å². The number of hydrogen-bond donors (Lipinski definition) is 1. The highest BCUT2D eigenvalue weighted by atomic mass is 16.1. The SMILES string of the molecule is CC(=O)NCCC#Cc1ccc(C(C)=O)cc1C. The van der Waals surface area contributed by atoms with E-state index >= 15 is 0 Å². The van der Waals surface area contributed by atoms with Crippen LogP contribution >= 0.6 is 0 Å². The molecule has 1 amide bonds. The Kier molecular flexibility index (Phi) is 5.13. The number of carbonyl (C=O) groups excluding carboxylic acids is 2. The molecule has 0 radical (unpaired) electrons. The number of rotatable bonds is 3. The summed E-state index contributed by atoms with van der Waals surface area (Å²) in [4.78, 5) is 21.8. The second-order valence-corrected chi connectivity index (χ2v) is 4.12. The van der Waals surface area contributed by atoms with Crippen LogP contribution in [0.25, 0.3) is 0 Å². The van der Waals surface area contributed by atoms with Gasteiger partial charge in [0, 0.05) is 31.0 Å². The van der Waals surface area contributed by atoms with E-state index in [1.807, 2.05) is 19.1 Å². The molecule has 0 saturated heterocycles. The van der Waals surface area contributed by atoms with Crippen LogP contribution in [0.3, 0.4) is 0 Å². The lowest BCUT2D eigenvalue weighted by atomic mass is 10.0. The number of amides is 1. The summed E-state index contributed by atoms with van der Waals surface area (Å²) in [6, 6.07) is 5.49. The molecule has 0 spiro atoms. The van der Waals surface area contributed by atoms with Crippen molar-refractivity contribution in [1.82, 2.24) is 5.32 Å². The third-order valence-corrected chi connectivity index (χ3v) is 2.48. The highest BCUT2D eigenvalue weighted by Crippen LogP contribution is 2.10. The minimum atomic E-state index is -0.0428. The maximum Gasteiger partial charge on any atom is 0.216 e. The first-order chi connectivity index (χ1) is 8.50. The first-order valence-corrected chi connectivity index (χ1v) is 5.85. The van der Waals surface area contributed by atoms with Crippen LogP contribution in [0, 0.1) is 18.8 Å². The van der Waals surface area contributed by atoms with Crippen molar-refractivity contribution in [2.45, 2.75) is 27.2 Å². The van der Waals surface area contributed by atoms with Gasteiger partial charge in [-0.2, -0.15) is 0 Å². The summed E-state index contributed by atoms with van der Waals surface area (Å²) >= 11 is 0. The zero-order chi connectivity index (χ0) is 13.5. The fourth-order valence-corrected chi connectivity index (χ4v) is 1.48. The highest BCUT2D eigenvalue weighted by Gasteiger charge is 2.01. The molecule has 0 fully saturated rings.